The quantitative estimate of drug-likeness (QED) is 0.738. The predicted octanol–water partition coefficient (Wildman–Crippen LogP) is 0.277. The van der Waals surface area contributed by atoms with Crippen LogP contribution in [0.5, 0.6) is 11.7 Å². The molecule has 0 aliphatic carbocycles. The number of carbonyl (C=O) groups is 2. The summed E-state index contributed by atoms with van der Waals surface area (Å²) in [6.07, 6.45) is -1.17. The highest BCUT2D eigenvalue weighted by atomic mass is 16.7. The molecule has 0 aliphatic heterocycles. The van der Waals surface area contributed by atoms with E-state index < -0.39 is 35.0 Å². The van der Waals surface area contributed by atoms with Gasteiger partial charge in [-0.3, -0.25) is 0 Å². The minimum atomic E-state index is -1.17. The third-order valence-electron chi connectivity index (χ3n) is 1.66. The van der Waals surface area contributed by atoms with E-state index in [1.807, 2.05) is 0 Å². The minimum Gasteiger partial charge on any atom is -0.480 e. The van der Waals surface area contributed by atoms with Crippen LogP contribution >= 0.6 is 0 Å². The van der Waals surface area contributed by atoms with Crippen LogP contribution in [0, 0.1) is 0 Å². The fraction of sp³-hybridized carbons (Fsp3) is 0.222. The first-order valence-electron chi connectivity index (χ1n) is 4.20. The second kappa shape index (κ2) is 5.01. The first-order chi connectivity index (χ1) is 7.99. The van der Waals surface area contributed by atoms with Crippen LogP contribution in [0.4, 0.5) is 4.79 Å². The van der Waals surface area contributed by atoms with Crippen molar-refractivity contribution in [3.05, 3.63) is 22.0 Å². The highest BCUT2D eigenvalue weighted by Crippen LogP contribution is 2.26. The third-order valence-corrected chi connectivity index (χ3v) is 1.66. The molecule has 92 valence electrons. The van der Waals surface area contributed by atoms with Gasteiger partial charge in [-0.05, 0) is 0 Å². The molecule has 0 aliphatic rings. The van der Waals surface area contributed by atoms with Crippen LogP contribution in [0.15, 0.2) is 15.3 Å². The van der Waals surface area contributed by atoms with E-state index in [1.165, 1.54) is 0 Å². The van der Waals surface area contributed by atoms with E-state index in [1.54, 1.807) is 0 Å². The summed E-state index contributed by atoms with van der Waals surface area (Å²) >= 11 is 0. The summed E-state index contributed by atoms with van der Waals surface area (Å²) in [5, 5.41) is 9.26. The number of carbonyl (C=O) groups excluding carboxylic acids is 2. The molecule has 8 nitrogen and oxygen atoms in total. The van der Waals surface area contributed by atoms with Gasteiger partial charge in [0.1, 0.15) is 0 Å². The number of esters is 1. The van der Waals surface area contributed by atoms with E-state index in [-0.39, 0.29) is 0 Å². The molecule has 17 heavy (non-hydrogen) atoms. The van der Waals surface area contributed by atoms with Gasteiger partial charge >= 0.3 is 23.7 Å². The van der Waals surface area contributed by atoms with Crippen LogP contribution in [0.25, 0.3) is 0 Å². The SMILES string of the molecule is COC(=O)Oc1cc(=O)oc(O)c1C(=O)OC. The first kappa shape index (κ1) is 12.6. The Morgan fingerprint density at radius 2 is 1.94 bits per heavy atom. The van der Waals surface area contributed by atoms with Gasteiger partial charge < -0.3 is 23.7 Å². The van der Waals surface area contributed by atoms with Crippen LogP contribution in [0.1, 0.15) is 10.4 Å². The lowest BCUT2D eigenvalue weighted by Crippen LogP contribution is -2.14. The van der Waals surface area contributed by atoms with Crippen molar-refractivity contribution in [3.8, 4) is 11.7 Å². The average molecular weight is 244 g/mol. The fourth-order valence-electron chi connectivity index (χ4n) is 0.962. The van der Waals surface area contributed by atoms with Crippen molar-refractivity contribution < 1.29 is 33.3 Å². The Bertz CT molecular complexity index is 500. The zero-order chi connectivity index (χ0) is 13.0. The van der Waals surface area contributed by atoms with Crippen molar-refractivity contribution >= 4 is 12.1 Å². The Kier molecular flexibility index (Phi) is 3.70. The molecule has 0 aromatic carbocycles. The number of hydrogen-bond donors (Lipinski definition) is 1. The van der Waals surface area contributed by atoms with Crippen molar-refractivity contribution in [2.24, 2.45) is 0 Å². The summed E-state index contributed by atoms with van der Waals surface area (Å²) in [6.45, 7) is 0. The molecule has 1 N–H and O–H groups in total. The standard InChI is InChI=1S/C9H8O8/c1-14-7(11)6-4(16-9(13)15-2)3-5(10)17-8(6)12/h3,12H,1-2H3. The van der Waals surface area contributed by atoms with E-state index >= 15 is 0 Å². The summed E-state index contributed by atoms with van der Waals surface area (Å²) in [5.74, 6) is -2.56. The van der Waals surface area contributed by atoms with Crippen LogP contribution in [0.2, 0.25) is 0 Å². The Morgan fingerprint density at radius 1 is 1.29 bits per heavy atom. The van der Waals surface area contributed by atoms with Crippen molar-refractivity contribution in [1.82, 2.24) is 0 Å². The molecule has 0 spiro atoms. The van der Waals surface area contributed by atoms with Crippen molar-refractivity contribution in [3.63, 3.8) is 0 Å². The maximum absolute atomic E-state index is 11.3. The lowest BCUT2D eigenvalue weighted by molar-refractivity contribution is 0.0585. The molecule has 1 rings (SSSR count). The molecule has 0 fully saturated rings. The van der Waals surface area contributed by atoms with Crippen LogP contribution in [-0.4, -0.2) is 31.5 Å². The molecule has 0 saturated carbocycles. The van der Waals surface area contributed by atoms with E-state index in [0.29, 0.717) is 6.07 Å². The zero-order valence-corrected chi connectivity index (χ0v) is 8.88. The van der Waals surface area contributed by atoms with Crippen molar-refractivity contribution in [1.29, 1.82) is 0 Å². The van der Waals surface area contributed by atoms with Crippen molar-refractivity contribution in [2.45, 2.75) is 0 Å². The van der Waals surface area contributed by atoms with Crippen LogP contribution in [-0.2, 0) is 9.47 Å². The molecule has 8 heteroatoms. The lowest BCUT2D eigenvalue weighted by Gasteiger charge is -2.07. The van der Waals surface area contributed by atoms with Gasteiger partial charge in [0.2, 0.25) is 0 Å². The largest absolute Gasteiger partial charge is 0.513 e. The molecule has 1 heterocycles. The van der Waals surface area contributed by atoms with Gasteiger partial charge in [0, 0.05) is 0 Å². The summed E-state index contributed by atoms with van der Waals surface area (Å²) in [7, 11) is 2.07. The molecular weight excluding hydrogens is 236 g/mol. The highest BCUT2D eigenvalue weighted by Gasteiger charge is 2.24. The number of aromatic hydroxyl groups is 1. The molecule has 1 aromatic heterocycles. The maximum atomic E-state index is 11.3. The molecule has 0 amide bonds. The smallest absolute Gasteiger partial charge is 0.480 e. The average Bonchev–Trinajstić information content (AvgIpc) is 2.27. The van der Waals surface area contributed by atoms with Gasteiger partial charge in [0.15, 0.2) is 11.3 Å². The van der Waals surface area contributed by atoms with Gasteiger partial charge in [-0.2, -0.15) is 0 Å². The van der Waals surface area contributed by atoms with E-state index in [4.69, 9.17) is 0 Å². The predicted molar refractivity (Wildman–Crippen MR) is 51.0 cm³/mol. The van der Waals surface area contributed by atoms with E-state index in [0.717, 1.165) is 14.2 Å². The summed E-state index contributed by atoms with van der Waals surface area (Å²) < 4.78 is 17.2. The number of hydrogen-bond acceptors (Lipinski definition) is 8. The second-order valence-corrected chi connectivity index (χ2v) is 2.66. The fourth-order valence-corrected chi connectivity index (χ4v) is 0.962. The first-order valence-corrected chi connectivity index (χ1v) is 4.20. The highest BCUT2D eigenvalue weighted by molar-refractivity contribution is 5.95. The Hall–Kier alpha value is -2.51. The van der Waals surface area contributed by atoms with Crippen LogP contribution < -0.4 is 10.4 Å². The second-order valence-electron chi connectivity index (χ2n) is 2.66. The van der Waals surface area contributed by atoms with E-state index in [2.05, 4.69) is 18.6 Å². The maximum Gasteiger partial charge on any atom is 0.513 e. The number of rotatable bonds is 2. The summed E-state index contributed by atoms with van der Waals surface area (Å²) in [5.41, 5.74) is -1.59. The number of methoxy groups -OCH3 is 2. The molecule has 1 aromatic rings. The minimum absolute atomic E-state index is 0.516. The molecule has 0 unspecified atom stereocenters. The lowest BCUT2D eigenvalue weighted by atomic mass is 10.2. The molecule has 0 bridgehead atoms. The van der Waals surface area contributed by atoms with Gasteiger partial charge in [0.05, 0.1) is 20.3 Å². The Balaban J connectivity index is 3.30. The Morgan fingerprint density at radius 3 is 2.47 bits per heavy atom. The van der Waals surface area contributed by atoms with Gasteiger partial charge in [-0.1, -0.05) is 0 Å². The van der Waals surface area contributed by atoms with E-state index in [9.17, 15) is 19.5 Å². The Labute approximate surface area is 94.3 Å². The monoisotopic (exact) mass is 244 g/mol. The van der Waals surface area contributed by atoms with Gasteiger partial charge in [-0.15, -0.1) is 0 Å². The summed E-state index contributed by atoms with van der Waals surface area (Å²) in [4.78, 5) is 33.0. The zero-order valence-electron chi connectivity index (χ0n) is 8.88. The van der Waals surface area contributed by atoms with Gasteiger partial charge in [0.25, 0.3) is 0 Å². The van der Waals surface area contributed by atoms with Gasteiger partial charge in [-0.25, -0.2) is 14.4 Å². The molecule has 0 atom stereocenters. The topological polar surface area (TPSA) is 112 Å². The van der Waals surface area contributed by atoms with Crippen LogP contribution in [0.3, 0.4) is 0 Å². The van der Waals surface area contributed by atoms with Crippen molar-refractivity contribution in [2.75, 3.05) is 14.2 Å². The molecular formula is C9H8O8. The number of ether oxygens (including phenoxy) is 3. The molecule has 0 radical (unpaired) electrons. The molecule has 0 saturated heterocycles. The normalized spacial score (nSPS) is 9.53. The summed E-state index contributed by atoms with van der Waals surface area (Å²) in [6, 6.07) is 0.697. The third kappa shape index (κ3) is 2.74.